The Bertz CT molecular complexity index is 428. The second-order valence-electron chi connectivity index (χ2n) is 5.16. The molecule has 4 heteroatoms. The number of pyridine rings is 1. The number of carbonyl (C=O) groups is 1. The number of rotatable bonds is 2. The number of hydrogen-bond donors (Lipinski definition) is 0. The van der Waals surface area contributed by atoms with Gasteiger partial charge >= 0.3 is 0 Å². The molecule has 98 valence electrons. The Morgan fingerprint density at radius 1 is 1.39 bits per heavy atom. The molecule has 2 rings (SSSR count). The van der Waals surface area contributed by atoms with E-state index in [2.05, 4.69) is 27.8 Å². The molecule has 0 aromatic carbocycles. The number of nitrogens with zero attached hydrogens (tertiary/aromatic N) is 2. The van der Waals surface area contributed by atoms with E-state index in [4.69, 9.17) is 0 Å². The number of carbonyl (C=O) groups excluding carboxylic acids is 1. The predicted molar refractivity (Wildman–Crippen MR) is 75.5 cm³/mol. The summed E-state index contributed by atoms with van der Waals surface area (Å²) in [6, 6.07) is 4.04. The third-order valence-electron chi connectivity index (χ3n) is 3.81. The highest BCUT2D eigenvalue weighted by Crippen LogP contribution is 2.27. The smallest absolute Gasteiger partial charge is 0.273 e. The summed E-state index contributed by atoms with van der Waals surface area (Å²) in [7, 11) is 1.89. The molecule has 1 amide bonds. The number of amides is 1. The third-order valence-corrected chi connectivity index (χ3v) is 4.45. The van der Waals surface area contributed by atoms with E-state index in [9.17, 15) is 4.79 Å². The van der Waals surface area contributed by atoms with E-state index in [1.807, 2.05) is 24.1 Å². The van der Waals surface area contributed by atoms with E-state index in [1.54, 1.807) is 6.20 Å². The van der Waals surface area contributed by atoms with Gasteiger partial charge in [0.2, 0.25) is 0 Å². The Morgan fingerprint density at radius 3 is 2.67 bits per heavy atom. The topological polar surface area (TPSA) is 33.2 Å². The van der Waals surface area contributed by atoms with Gasteiger partial charge < -0.3 is 4.90 Å². The van der Waals surface area contributed by atoms with E-state index in [0.29, 0.717) is 11.7 Å². The maximum absolute atomic E-state index is 12.4. The van der Waals surface area contributed by atoms with Gasteiger partial charge in [-0.3, -0.25) is 4.79 Å². The second-order valence-corrected chi connectivity index (χ2v) is 6.02. The van der Waals surface area contributed by atoms with Crippen molar-refractivity contribution in [1.82, 2.24) is 9.88 Å². The summed E-state index contributed by atoms with van der Waals surface area (Å²) in [5.41, 5.74) is 0.513. The van der Waals surface area contributed by atoms with Crippen LogP contribution in [-0.2, 0) is 0 Å². The number of halogens is 1. The van der Waals surface area contributed by atoms with Gasteiger partial charge in [-0.2, -0.15) is 0 Å². The van der Waals surface area contributed by atoms with Crippen LogP contribution in [0.1, 0.15) is 43.1 Å². The zero-order valence-corrected chi connectivity index (χ0v) is 12.5. The van der Waals surface area contributed by atoms with Crippen molar-refractivity contribution in [3.8, 4) is 0 Å². The van der Waals surface area contributed by atoms with Crippen LogP contribution in [0, 0.1) is 5.92 Å². The molecule has 1 aromatic heterocycles. The zero-order chi connectivity index (χ0) is 13.1. The van der Waals surface area contributed by atoms with Crippen molar-refractivity contribution in [2.45, 2.75) is 38.6 Å². The minimum absolute atomic E-state index is 0.0158. The largest absolute Gasteiger partial charge is 0.337 e. The molecule has 1 fully saturated rings. The lowest BCUT2D eigenvalue weighted by atomic mass is 9.86. The molecule has 0 saturated heterocycles. The number of hydrogen-bond acceptors (Lipinski definition) is 2. The van der Waals surface area contributed by atoms with Gasteiger partial charge in [0.1, 0.15) is 5.69 Å². The molecule has 18 heavy (non-hydrogen) atoms. The molecular weight excluding hydrogens is 292 g/mol. The third kappa shape index (κ3) is 2.91. The van der Waals surface area contributed by atoms with Crippen LogP contribution in [-0.4, -0.2) is 28.9 Å². The summed E-state index contributed by atoms with van der Waals surface area (Å²) in [6.45, 7) is 2.29. The van der Waals surface area contributed by atoms with E-state index in [1.165, 1.54) is 12.8 Å². The minimum Gasteiger partial charge on any atom is -0.337 e. The SMILES string of the molecule is CC1CCC(N(C)C(=O)c2ncccc2Br)CC1. The Balaban J connectivity index is 2.07. The van der Waals surface area contributed by atoms with Gasteiger partial charge in [-0.1, -0.05) is 6.92 Å². The van der Waals surface area contributed by atoms with Crippen molar-refractivity contribution in [2.75, 3.05) is 7.05 Å². The summed E-state index contributed by atoms with van der Waals surface area (Å²) < 4.78 is 0.769. The van der Waals surface area contributed by atoms with Crippen LogP contribution in [0.25, 0.3) is 0 Å². The zero-order valence-electron chi connectivity index (χ0n) is 10.9. The molecule has 1 saturated carbocycles. The van der Waals surface area contributed by atoms with Crippen molar-refractivity contribution in [2.24, 2.45) is 5.92 Å². The van der Waals surface area contributed by atoms with Crippen LogP contribution in [0.4, 0.5) is 0 Å². The van der Waals surface area contributed by atoms with Gasteiger partial charge in [0.05, 0.1) is 0 Å². The minimum atomic E-state index is 0.0158. The second kappa shape index (κ2) is 5.83. The normalized spacial score (nSPS) is 23.7. The molecule has 0 N–H and O–H groups in total. The van der Waals surface area contributed by atoms with Gasteiger partial charge in [0.25, 0.3) is 5.91 Å². The van der Waals surface area contributed by atoms with Gasteiger partial charge in [-0.25, -0.2) is 4.98 Å². The summed E-state index contributed by atoms with van der Waals surface area (Å²) in [5.74, 6) is 0.813. The average Bonchev–Trinajstić information content (AvgIpc) is 2.38. The van der Waals surface area contributed by atoms with Crippen LogP contribution in [0.2, 0.25) is 0 Å². The predicted octanol–water partition coefficient (Wildman–Crippen LogP) is 3.49. The average molecular weight is 311 g/mol. The molecule has 0 radical (unpaired) electrons. The van der Waals surface area contributed by atoms with Crippen molar-refractivity contribution >= 4 is 21.8 Å². The van der Waals surface area contributed by atoms with Crippen molar-refractivity contribution in [3.05, 3.63) is 28.5 Å². The monoisotopic (exact) mass is 310 g/mol. The highest BCUT2D eigenvalue weighted by molar-refractivity contribution is 9.10. The van der Waals surface area contributed by atoms with Crippen molar-refractivity contribution in [3.63, 3.8) is 0 Å². The molecule has 0 aliphatic heterocycles. The van der Waals surface area contributed by atoms with Crippen LogP contribution in [0.15, 0.2) is 22.8 Å². The molecule has 1 aliphatic carbocycles. The van der Waals surface area contributed by atoms with Crippen molar-refractivity contribution in [1.29, 1.82) is 0 Å². The summed E-state index contributed by atoms with van der Waals surface area (Å²) in [4.78, 5) is 18.4. The van der Waals surface area contributed by atoms with Crippen LogP contribution in [0.5, 0.6) is 0 Å². The first-order valence-corrected chi connectivity index (χ1v) is 7.26. The highest BCUT2D eigenvalue weighted by atomic mass is 79.9. The van der Waals surface area contributed by atoms with Crippen molar-refractivity contribution < 1.29 is 4.79 Å². The van der Waals surface area contributed by atoms with E-state index >= 15 is 0 Å². The van der Waals surface area contributed by atoms with Gasteiger partial charge in [0.15, 0.2) is 0 Å². The molecular formula is C14H19BrN2O. The molecule has 3 nitrogen and oxygen atoms in total. The molecule has 0 atom stereocenters. The Kier molecular flexibility index (Phi) is 4.38. The quantitative estimate of drug-likeness (QED) is 0.837. The summed E-state index contributed by atoms with van der Waals surface area (Å²) in [5, 5.41) is 0. The molecule has 1 heterocycles. The van der Waals surface area contributed by atoms with Gasteiger partial charge in [-0.05, 0) is 59.7 Å². The fourth-order valence-electron chi connectivity index (χ4n) is 2.51. The standard InChI is InChI=1S/C14H19BrN2O/c1-10-5-7-11(8-6-10)17(2)14(18)13-12(15)4-3-9-16-13/h3-4,9-11H,5-8H2,1-2H3. The van der Waals surface area contributed by atoms with E-state index < -0.39 is 0 Å². The molecule has 1 aliphatic rings. The summed E-state index contributed by atoms with van der Waals surface area (Å²) in [6.07, 6.45) is 6.30. The first-order chi connectivity index (χ1) is 8.59. The molecule has 1 aromatic rings. The lowest BCUT2D eigenvalue weighted by molar-refractivity contribution is 0.0672. The lowest BCUT2D eigenvalue weighted by Crippen LogP contribution is -2.39. The van der Waals surface area contributed by atoms with Gasteiger partial charge in [0, 0.05) is 23.8 Å². The molecule has 0 spiro atoms. The lowest BCUT2D eigenvalue weighted by Gasteiger charge is -2.33. The highest BCUT2D eigenvalue weighted by Gasteiger charge is 2.26. The fourth-order valence-corrected chi connectivity index (χ4v) is 2.93. The molecule has 0 bridgehead atoms. The maximum Gasteiger partial charge on any atom is 0.273 e. The summed E-state index contributed by atoms with van der Waals surface area (Å²) >= 11 is 3.39. The first-order valence-electron chi connectivity index (χ1n) is 6.47. The first kappa shape index (κ1) is 13.5. The molecule has 0 unspecified atom stereocenters. The fraction of sp³-hybridized carbons (Fsp3) is 0.571. The van der Waals surface area contributed by atoms with Crippen LogP contribution in [0.3, 0.4) is 0 Å². The van der Waals surface area contributed by atoms with Crippen LogP contribution >= 0.6 is 15.9 Å². The Morgan fingerprint density at radius 2 is 2.06 bits per heavy atom. The maximum atomic E-state index is 12.4. The Hall–Kier alpha value is -0.900. The van der Waals surface area contributed by atoms with E-state index in [-0.39, 0.29) is 5.91 Å². The van der Waals surface area contributed by atoms with Gasteiger partial charge in [-0.15, -0.1) is 0 Å². The van der Waals surface area contributed by atoms with Crippen LogP contribution < -0.4 is 0 Å². The Labute approximate surface area is 117 Å². The number of aromatic nitrogens is 1. The van der Waals surface area contributed by atoms with E-state index in [0.717, 1.165) is 23.2 Å².